The number of fused-ring (bicyclic) bond motifs is 2. The largest absolute Gasteiger partial charge is 0.493 e. The Morgan fingerprint density at radius 1 is 1.14 bits per heavy atom. The average molecular weight is 506 g/mol. The monoisotopic (exact) mass is 505 g/mol. The molecule has 0 radical (unpaired) electrons. The van der Waals surface area contributed by atoms with Crippen LogP contribution < -0.4 is 4.74 Å². The highest BCUT2D eigenvalue weighted by Crippen LogP contribution is 2.39. The number of nitrogens with zero attached hydrogens (tertiary/aromatic N) is 3. The van der Waals surface area contributed by atoms with Gasteiger partial charge in [-0.25, -0.2) is 0 Å². The van der Waals surface area contributed by atoms with Crippen LogP contribution in [0.25, 0.3) is 0 Å². The Hall–Kier alpha value is -2.65. The lowest BCUT2D eigenvalue weighted by Crippen LogP contribution is -2.49. The minimum absolute atomic E-state index is 0.0138. The van der Waals surface area contributed by atoms with Crippen LogP contribution >= 0.6 is 0 Å². The molecule has 2 aliphatic heterocycles. The minimum Gasteiger partial charge on any atom is -0.493 e. The number of rotatable bonds is 7. The van der Waals surface area contributed by atoms with Crippen molar-refractivity contribution in [1.82, 2.24) is 14.8 Å². The first-order chi connectivity index (χ1) is 16.8. The number of carbonyl (C=O) groups is 1. The highest BCUT2D eigenvalue weighted by atomic mass is 19.4. The maximum absolute atomic E-state index is 13.0. The predicted molar refractivity (Wildman–Crippen MR) is 130 cm³/mol. The number of amides is 1. The van der Waals surface area contributed by atoms with E-state index >= 15 is 0 Å². The molecule has 2 bridgehead atoms. The van der Waals surface area contributed by atoms with Gasteiger partial charge in [-0.3, -0.25) is 14.7 Å². The quantitative estimate of drug-likeness (QED) is 0.579. The molecule has 0 aliphatic carbocycles. The summed E-state index contributed by atoms with van der Waals surface area (Å²) < 4.78 is 44.4. The zero-order valence-electron chi connectivity index (χ0n) is 21.4. The molecular weight excluding hydrogens is 471 g/mol. The van der Waals surface area contributed by atoms with Crippen LogP contribution in [0.15, 0.2) is 30.5 Å². The number of piperazine rings is 1. The number of ether oxygens (including phenoxy) is 1. The normalized spacial score (nSPS) is 21.2. The summed E-state index contributed by atoms with van der Waals surface area (Å²) in [5.41, 5.74) is 1.85. The molecular formula is C27H34F3N3O3. The molecule has 3 heterocycles. The lowest BCUT2D eigenvalue weighted by molar-refractivity contribution is -0.137. The van der Waals surface area contributed by atoms with Gasteiger partial charge in [-0.2, -0.15) is 13.2 Å². The molecule has 1 N–H and O–H groups in total. The van der Waals surface area contributed by atoms with Crippen molar-refractivity contribution in [3.63, 3.8) is 0 Å². The van der Waals surface area contributed by atoms with Gasteiger partial charge in [0.1, 0.15) is 11.4 Å². The van der Waals surface area contributed by atoms with E-state index in [9.17, 15) is 23.1 Å². The Labute approximate surface area is 210 Å². The van der Waals surface area contributed by atoms with Gasteiger partial charge in [-0.1, -0.05) is 6.07 Å². The Kier molecular flexibility index (Phi) is 7.09. The van der Waals surface area contributed by atoms with Crippen molar-refractivity contribution < 1.29 is 27.8 Å². The molecule has 9 heteroatoms. The van der Waals surface area contributed by atoms with Crippen LogP contribution in [0.4, 0.5) is 13.2 Å². The third-order valence-electron chi connectivity index (χ3n) is 7.55. The number of halogens is 3. The molecule has 0 spiro atoms. The third-order valence-corrected chi connectivity index (χ3v) is 7.55. The fourth-order valence-corrected chi connectivity index (χ4v) is 5.27. The second kappa shape index (κ2) is 9.67. The second-order valence-electron chi connectivity index (χ2n) is 10.6. The fourth-order valence-electron chi connectivity index (χ4n) is 5.27. The number of aliphatic hydroxyl groups is 1. The van der Waals surface area contributed by atoms with Crippen LogP contribution in [0.3, 0.4) is 0 Å². The van der Waals surface area contributed by atoms with E-state index in [0.717, 1.165) is 41.6 Å². The van der Waals surface area contributed by atoms with Gasteiger partial charge < -0.3 is 14.7 Å². The Morgan fingerprint density at radius 3 is 2.42 bits per heavy atom. The molecule has 0 saturated carbocycles. The SMILES string of the molecule is Cc1c(OCCC(C)(C)O)ccc([C@H](C)N2C[C@@H]3C[C@H]2CN3C(=O)c2ccc(C(F)(F)F)cn2)c1C. The maximum atomic E-state index is 13.0. The summed E-state index contributed by atoms with van der Waals surface area (Å²) in [6, 6.07) is 6.49. The van der Waals surface area contributed by atoms with Gasteiger partial charge in [0.15, 0.2) is 0 Å². The first-order valence-electron chi connectivity index (χ1n) is 12.3. The highest BCUT2D eigenvalue weighted by Gasteiger charge is 2.47. The van der Waals surface area contributed by atoms with E-state index in [0.29, 0.717) is 26.1 Å². The molecule has 1 amide bonds. The molecule has 2 aromatic rings. The van der Waals surface area contributed by atoms with Gasteiger partial charge in [0.2, 0.25) is 0 Å². The van der Waals surface area contributed by atoms with E-state index in [4.69, 9.17) is 4.74 Å². The van der Waals surface area contributed by atoms with Gasteiger partial charge in [0.05, 0.1) is 17.8 Å². The number of carbonyl (C=O) groups excluding carboxylic acids is 1. The van der Waals surface area contributed by atoms with Crippen molar-refractivity contribution in [3.8, 4) is 5.75 Å². The summed E-state index contributed by atoms with van der Waals surface area (Å²) in [5.74, 6) is 0.500. The fraction of sp³-hybridized carbons (Fsp3) is 0.556. The highest BCUT2D eigenvalue weighted by molar-refractivity contribution is 5.93. The van der Waals surface area contributed by atoms with Gasteiger partial charge >= 0.3 is 6.18 Å². The van der Waals surface area contributed by atoms with Crippen LogP contribution in [-0.4, -0.2) is 63.2 Å². The maximum Gasteiger partial charge on any atom is 0.417 e. The van der Waals surface area contributed by atoms with Crippen molar-refractivity contribution >= 4 is 5.91 Å². The van der Waals surface area contributed by atoms with Gasteiger partial charge in [0, 0.05) is 43.8 Å². The molecule has 3 atom stereocenters. The topological polar surface area (TPSA) is 65.9 Å². The first-order valence-corrected chi connectivity index (χ1v) is 12.3. The van der Waals surface area contributed by atoms with E-state index in [-0.39, 0.29) is 29.7 Å². The van der Waals surface area contributed by atoms with Crippen LogP contribution in [0.1, 0.15) is 72.4 Å². The summed E-state index contributed by atoms with van der Waals surface area (Å²) in [7, 11) is 0. The van der Waals surface area contributed by atoms with Crippen LogP contribution in [0.2, 0.25) is 0 Å². The van der Waals surface area contributed by atoms with E-state index in [2.05, 4.69) is 29.8 Å². The smallest absolute Gasteiger partial charge is 0.417 e. The summed E-state index contributed by atoms with van der Waals surface area (Å²) in [5, 5.41) is 9.91. The molecule has 2 saturated heterocycles. The average Bonchev–Trinajstić information content (AvgIpc) is 3.41. The van der Waals surface area contributed by atoms with E-state index in [1.165, 1.54) is 5.56 Å². The Morgan fingerprint density at radius 2 is 1.86 bits per heavy atom. The van der Waals surface area contributed by atoms with E-state index in [1.807, 2.05) is 13.0 Å². The lowest BCUT2D eigenvalue weighted by Gasteiger charge is -2.38. The number of alkyl halides is 3. The molecule has 1 aromatic heterocycles. The summed E-state index contributed by atoms with van der Waals surface area (Å²) >= 11 is 0. The molecule has 36 heavy (non-hydrogen) atoms. The molecule has 2 aliphatic rings. The van der Waals surface area contributed by atoms with Crippen molar-refractivity contribution in [2.45, 2.75) is 77.4 Å². The predicted octanol–water partition coefficient (Wildman–Crippen LogP) is 4.92. The molecule has 2 fully saturated rings. The van der Waals surface area contributed by atoms with Gasteiger partial charge in [-0.15, -0.1) is 0 Å². The first kappa shape index (κ1) is 26.4. The molecule has 6 nitrogen and oxygen atoms in total. The van der Waals surface area contributed by atoms with Crippen LogP contribution in [0, 0.1) is 13.8 Å². The lowest BCUT2D eigenvalue weighted by atomic mass is 9.96. The Balaban J connectivity index is 1.40. The number of aromatic nitrogens is 1. The van der Waals surface area contributed by atoms with Crippen LogP contribution in [0.5, 0.6) is 5.75 Å². The zero-order valence-corrected chi connectivity index (χ0v) is 21.4. The van der Waals surface area contributed by atoms with Crippen molar-refractivity contribution in [2.75, 3.05) is 19.7 Å². The van der Waals surface area contributed by atoms with Crippen LogP contribution in [-0.2, 0) is 6.18 Å². The van der Waals surface area contributed by atoms with Gasteiger partial charge in [0.25, 0.3) is 5.91 Å². The van der Waals surface area contributed by atoms with Crippen molar-refractivity contribution in [3.05, 3.63) is 58.4 Å². The summed E-state index contributed by atoms with van der Waals surface area (Å²) in [6.07, 6.45) is -2.38. The summed E-state index contributed by atoms with van der Waals surface area (Å²) in [4.78, 5) is 20.9. The zero-order chi connectivity index (χ0) is 26.4. The number of benzene rings is 1. The number of likely N-dealkylation sites (tertiary alicyclic amines) is 2. The standard InChI is InChI=1S/C27H34F3N3O3/c1-16-17(2)24(36-11-10-26(4,5)35)9-7-22(16)18(3)32-14-21-12-20(32)15-33(21)25(34)23-8-6-19(13-31-23)27(28,29)30/h6-9,13,18,20-21,35H,10-12,14-15H2,1-5H3/t18-,20-,21-/m0/s1. The van der Waals surface area contributed by atoms with E-state index in [1.54, 1.807) is 18.7 Å². The number of hydrogen-bond donors (Lipinski definition) is 1. The number of hydrogen-bond acceptors (Lipinski definition) is 5. The molecule has 1 aromatic carbocycles. The molecule has 0 unspecified atom stereocenters. The summed E-state index contributed by atoms with van der Waals surface area (Å²) in [6.45, 7) is 11.5. The second-order valence-corrected chi connectivity index (χ2v) is 10.6. The third kappa shape index (κ3) is 5.37. The van der Waals surface area contributed by atoms with Crippen molar-refractivity contribution in [2.24, 2.45) is 0 Å². The van der Waals surface area contributed by atoms with Crippen molar-refractivity contribution in [1.29, 1.82) is 0 Å². The minimum atomic E-state index is -4.48. The van der Waals surface area contributed by atoms with E-state index < -0.39 is 17.3 Å². The number of pyridine rings is 1. The molecule has 196 valence electrons. The van der Waals surface area contributed by atoms with Gasteiger partial charge in [-0.05, 0) is 75.9 Å². The Bertz CT molecular complexity index is 1110. The molecule has 4 rings (SSSR count).